The molecule has 2 aliphatic rings. The fraction of sp³-hybridized carbons (Fsp3) is 0.676. The van der Waals surface area contributed by atoms with Gasteiger partial charge in [-0.25, -0.2) is 13.4 Å². The predicted molar refractivity (Wildman–Crippen MR) is 186 cm³/mol. The van der Waals surface area contributed by atoms with Crippen molar-refractivity contribution >= 4 is 38.1 Å². The number of likely N-dealkylation sites (tertiary alicyclic amines) is 1. The van der Waals surface area contributed by atoms with E-state index in [0.29, 0.717) is 35.6 Å². The molecule has 2 amide bonds. The molecule has 5 N–H and O–H groups in total. The number of aliphatic hydroxyl groups is 2. The Morgan fingerprint density at radius 3 is 2.34 bits per heavy atom. The molecule has 1 aliphatic heterocycles. The van der Waals surface area contributed by atoms with Crippen LogP contribution >= 0.6 is 11.3 Å². The number of hydrogen-bond acceptors (Lipinski definition) is 10. The zero-order valence-corrected chi connectivity index (χ0v) is 30.2. The van der Waals surface area contributed by atoms with E-state index >= 15 is 0 Å². The van der Waals surface area contributed by atoms with E-state index in [0.717, 1.165) is 48.8 Å². The van der Waals surface area contributed by atoms with Gasteiger partial charge in [-0.15, -0.1) is 11.3 Å². The molecular weight excluding hydrogens is 639 g/mol. The average Bonchev–Trinajstić information content (AvgIpc) is 3.46. The normalized spacial score (nSPS) is 22.9. The number of amides is 2. The second-order valence-electron chi connectivity index (χ2n) is 14.9. The maximum absolute atomic E-state index is 14.1. The molecule has 1 saturated carbocycles. The SMILES string of the molecule is CC(C)(C)NC(=O)[C@@H]1C[C@@H]2CCCC[C@@H]2CN1C[C@@H](O)[C@H](Cc1ccccc1)NC(=O)[C@@H](Nc1nc(CO)cs1)C(C)(C)S(C)(=O)=O. The molecule has 2 fully saturated rings. The number of fused-ring (bicyclic) bond motifs is 1. The van der Waals surface area contributed by atoms with Crippen LogP contribution in [0.25, 0.3) is 0 Å². The van der Waals surface area contributed by atoms with Gasteiger partial charge in [0.25, 0.3) is 0 Å². The Hall–Kier alpha value is -2.58. The van der Waals surface area contributed by atoms with Crippen LogP contribution in [0.2, 0.25) is 0 Å². The lowest BCUT2D eigenvalue weighted by Gasteiger charge is -2.47. The summed E-state index contributed by atoms with van der Waals surface area (Å²) in [5.74, 6) is 0.259. The number of piperidine rings is 1. The number of nitrogens with one attached hydrogen (secondary N) is 3. The first-order valence-corrected chi connectivity index (χ1v) is 19.4. The average molecular weight is 692 g/mol. The van der Waals surface area contributed by atoms with Gasteiger partial charge in [0.05, 0.1) is 35.2 Å². The van der Waals surface area contributed by atoms with Gasteiger partial charge in [-0.1, -0.05) is 49.6 Å². The Morgan fingerprint density at radius 2 is 1.74 bits per heavy atom. The summed E-state index contributed by atoms with van der Waals surface area (Å²) in [6, 6.07) is 7.05. The summed E-state index contributed by atoms with van der Waals surface area (Å²) in [7, 11) is -3.76. The second kappa shape index (κ2) is 15.3. The molecule has 0 spiro atoms. The highest BCUT2D eigenvalue weighted by atomic mass is 32.2. The minimum absolute atomic E-state index is 0.0535. The molecule has 2 aromatic rings. The van der Waals surface area contributed by atoms with Crippen molar-refractivity contribution in [2.75, 3.05) is 24.7 Å². The molecule has 0 radical (unpaired) electrons. The van der Waals surface area contributed by atoms with Gasteiger partial charge in [0.1, 0.15) is 6.04 Å². The first-order chi connectivity index (χ1) is 22.0. The van der Waals surface area contributed by atoms with Crippen LogP contribution in [0.15, 0.2) is 35.7 Å². The zero-order chi connectivity index (χ0) is 34.6. The number of anilines is 1. The van der Waals surface area contributed by atoms with Crippen molar-refractivity contribution in [2.24, 2.45) is 11.8 Å². The van der Waals surface area contributed by atoms with Crippen molar-refractivity contribution < 1.29 is 28.2 Å². The van der Waals surface area contributed by atoms with Crippen LogP contribution in [0.3, 0.4) is 0 Å². The van der Waals surface area contributed by atoms with Crippen molar-refractivity contribution in [3.63, 3.8) is 0 Å². The number of nitrogens with zero attached hydrogens (tertiary/aromatic N) is 2. The molecule has 1 aromatic heterocycles. The summed E-state index contributed by atoms with van der Waals surface area (Å²) in [5, 5.41) is 32.5. The fourth-order valence-corrected chi connectivity index (χ4v) is 8.08. The van der Waals surface area contributed by atoms with Gasteiger partial charge in [-0.05, 0) is 71.3 Å². The minimum Gasteiger partial charge on any atom is -0.390 e. The minimum atomic E-state index is -3.76. The monoisotopic (exact) mass is 691 g/mol. The molecule has 47 heavy (non-hydrogen) atoms. The van der Waals surface area contributed by atoms with Crippen LogP contribution in [0.1, 0.15) is 78.0 Å². The Balaban J connectivity index is 1.62. The van der Waals surface area contributed by atoms with Crippen LogP contribution in [-0.2, 0) is 32.5 Å². The predicted octanol–water partition coefficient (Wildman–Crippen LogP) is 3.12. The van der Waals surface area contributed by atoms with Crippen molar-refractivity contribution in [1.82, 2.24) is 20.5 Å². The molecule has 0 unspecified atom stereocenters. The highest BCUT2D eigenvalue weighted by Gasteiger charge is 2.46. The summed E-state index contributed by atoms with van der Waals surface area (Å²) >= 11 is 1.16. The number of rotatable bonds is 13. The Labute approximate surface area is 283 Å². The first-order valence-electron chi connectivity index (χ1n) is 16.6. The van der Waals surface area contributed by atoms with Crippen LogP contribution in [0.5, 0.6) is 0 Å². The van der Waals surface area contributed by atoms with E-state index < -0.39 is 50.3 Å². The number of β-amino-alcohol motifs (C(OH)–C–C–N with tert-alkyl or cyclic N) is 1. The van der Waals surface area contributed by atoms with Crippen LogP contribution in [0, 0.1) is 11.8 Å². The smallest absolute Gasteiger partial charge is 0.244 e. The summed E-state index contributed by atoms with van der Waals surface area (Å²) < 4.78 is 24.4. The topological polar surface area (TPSA) is 161 Å². The number of benzene rings is 1. The lowest BCUT2D eigenvalue weighted by molar-refractivity contribution is -0.133. The van der Waals surface area contributed by atoms with Crippen molar-refractivity contribution in [2.45, 2.75) is 114 Å². The molecule has 4 rings (SSSR count). The van der Waals surface area contributed by atoms with Crippen LogP contribution in [0.4, 0.5) is 5.13 Å². The maximum atomic E-state index is 14.1. The van der Waals surface area contributed by atoms with E-state index in [1.807, 2.05) is 51.1 Å². The van der Waals surface area contributed by atoms with Gasteiger partial charge >= 0.3 is 0 Å². The molecule has 1 aliphatic carbocycles. The number of carbonyl (C=O) groups is 2. The molecule has 1 saturated heterocycles. The maximum Gasteiger partial charge on any atom is 0.244 e. The third-order valence-electron chi connectivity index (χ3n) is 9.71. The molecule has 0 bridgehead atoms. The number of aromatic nitrogens is 1. The van der Waals surface area contributed by atoms with Crippen LogP contribution in [-0.4, -0.2) is 94.2 Å². The van der Waals surface area contributed by atoms with E-state index in [-0.39, 0.29) is 19.1 Å². The Morgan fingerprint density at radius 1 is 1.09 bits per heavy atom. The number of carbonyl (C=O) groups excluding carboxylic acids is 2. The van der Waals surface area contributed by atoms with E-state index in [4.69, 9.17) is 0 Å². The summed E-state index contributed by atoms with van der Waals surface area (Å²) in [6.45, 7) is 9.41. The molecule has 13 heteroatoms. The summed E-state index contributed by atoms with van der Waals surface area (Å²) in [5.41, 5.74) is 0.889. The van der Waals surface area contributed by atoms with E-state index in [1.54, 1.807) is 5.38 Å². The molecule has 1 aromatic carbocycles. The summed E-state index contributed by atoms with van der Waals surface area (Å²) in [6.07, 6.45) is 5.58. The van der Waals surface area contributed by atoms with E-state index in [1.165, 1.54) is 20.3 Å². The highest BCUT2D eigenvalue weighted by Crippen LogP contribution is 2.39. The summed E-state index contributed by atoms with van der Waals surface area (Å²) in [4.78, 5) is 34.1. The van der Waals surface area contributed by atoms with Gasteiger partial charge in [0, 0.05) is 30.3 Å². The molecule has 11 nitrogen and oxygen atoms in total. The van der Waals surface area contributed by atoms with E-state index in [2.05, 4.69) is 25.8 Å². The van der Waals surface area contributed by atoms with Gasteiger partial charge in [0.15, 0.2) is 15.0 Å². The molecule has 6 atom stereocenters. The van der Waals surface area contributed by atoms with Crippen molar-refractivity contribution in [1.29, 1.82) is 0 Å². The van der Waals surface area contributed by atoms with Gasteiger partial charge in [-0.3, -0.25) is 14.5 Å². The Bertz CT molecular complexity index is 1460. The van der Waals surface area contributed by atoms with Gasteiger partial charge in [-0.2, -0.15) is 0 Å². The van der Waals surface area contributed by atoms with Gasteiger partial charge < -0.3 is 26.2 Å². The third kappa shape index (κ3) is 9.75. The highest BCUT2D eigenvalue weighted by molar-refractivity contribution is 7.92. The first kappa shape index (κ1) is 37.2. The van der Waals surface area contributed by atoms with Crippen LogP contribution < -0.4 is 16.0 Å². The zero-order valence-electron chi connectivity index (χ0n) is 28.5. The Kier molecular flexibility index (Phi) is 12.1. The second-order valence-corrected chi connectivity index (χ2v) is 18.3. The van der Waals surface area contributed by atoms with E-state index in [9.17, 15) is 28.2 Å². The standard InChI is InChI=1S/C34H53N5O6S2/c1-33(2,3)38-30(42)27-17-23-14-10-11-15-24(23)18-39(27)19-28(41)26(16-22-12-8-7-9-13-22)36-31(43)29(34(4,5)47(6,44)45)37-32-35-25(20-40)21-46-32/h7-9,12-13,21,23-24,26-29,40-41H,10-11,14-20H2,1-6H3,(H,35,37)(H,36,43)(H,38,42)/t23-,24+,26-,27-,28+,29+/m0/s1. The lowest BCUT2D eigenvalue weighted by atomic mass is 9.72. The fourth-order valence-electron chi connectivity index (χ4n) is 6.75. The quantitative estimate of drug-likeness (QED) is 0.213. The molecular formula is C34H53N5O6S2. The van der Waals surface area contributed by atoms with Crippen molar-refractivity contribution in [3.05, 3.63) is 47.0 Å². The number of aliphatic hydroxyl groups excluding tert-OH is 2. The number of hydrogen-bond donors (Lipinski definition) is 5. The molecule has 2 heterocycles. The number of thiazole rings is 1. The molecule has 262 valence electrons. The number of sulfone groups is 1. The largest absolute Gasteiger partial charge is 0.390 e. The van der Waals surface area contributed by atoms with Crippen molar-refractivity contribution in [3.8, 4) is 0 Å². The lowest BCUT2D eigenvalue weighted by Crippen LogP contribution is -2.62. The van der Waals surface area contributed by atoms with Gasteiger partial charge in [0.2, 0.25) is 11.8 Å². The third-order valence-corrected chi connectivity index (χ3v) is 12.7.